The first-order valence-corrected chi connectivity index (χ1v) is 31.8. The van der Waals surface area contributed by atoms with Gasteiger partial charge in [-0.15, -0.1) is 0 Å². The molecular weight excluding hydrogens is 1020 g/mol. The number of hydrogen-bond donors (Lipinski definition) is 12. The van der Waals surface area contributed by atoms with Crippen LogP contribution in [-0.4, -0.2) is 193 Å². The molecule has 0 spiro atoms. The van der Waals surface area contributed by atoms with Crippen molar-refractivity contribution in [2.75, 3.05) is 26.4 Å². The predicted molar refractivity (Wildman–Crippen MR) is 300 cm³/mol. The zero-order chi connectivity index (χ0) is 57.6. The first kappa shape index (κ1) is 72.1. The van der Waals surface area contributed by atoms with Crippen molar-refractivity contribution in [3.63, 3.8) is 0 Å². The smallest absolute Gasteiger partial charge is 0.220 e. The van der Waals surface area contributed by atoms with Gasteiger partial charge in [0.25, 0.3) is 0 Å². The molecule has 3 fully saturated rings. The van der Waals surface area contributed by atoms with Crippen LogP contribution in [0, 0.1) is 0 Å². The van der Waals surface area contributed by atoms with Gasteiger partial charge in [0.15, 0.2) is 18.9 Å². The number of amides is 1. The lowest BCUT2D eigenvalue weighted by Gasteiger charge is -2.48. The van der Waals surface area contributed by atoms with Crippen molar-refractivity contribution in [3.05, 3.63) is 0 Å². The Morgan fingerprint density at radius 2 is 0.722 bits per heavy atom. The zero-order valence-corrected chi connectivity index (χ0v) is 48.9. The Morgan fingerprint density at radius 3 is 1.10 bits per heavy atom. The second-order valence-electron chi connectivity index (χ2n) is 23.2. The summed E-state index contributed by atoms with van der Waals surface area (Å²) < 4.78 is 34.3. The van der Waals surface area contributed by atoms with Gasteiger partial charge in [-0.3, -0.25) is 4.79 Å². The van der Waals surface area contributed by atoms with E-state index in [2.05, 4.69) is 19.2 Å². The summed E-state index contributed by atoms with van der Waals surface area (Å²) in [6, 6.07) is -0.880. The molecule has 17 unspecified atom stereocenters. The van der Waals surface area contributed by atoms with Crippen LogP contribution in [0.2, 0.25) is 0 Å². The van der Waals surface area contributed by atoms with Crippen molar-refractivity contribution in [1.29, 1.82) is 0 Å². The van der Waals surface area contributed by atoms with Crippen LogP contribution in [-0.2, 0) is 33.2 Å². The van der Waals surface area contributed by atoms with Gasteiger partial charge in [0, 0.05) is 6.42 Å². The molecule has 19 nitrogen and oxygen atoms in total. The highest BCUT2D eigenvalue weighted by Gasteiger charge is 2.53. The highest BCUT2D eigenvalue weighted by atomic mass is 16.8. The Bertz CT molecular complexity index is 1450. The minimum atomic E-state index is -1.97. The summed E-state index contributed by atoms with van der Waals surface area (Å²) in [5.74, 6) is -0.239. The summed E-state index contributed by atoms with van der Waals surface area (Å²) in [6.07, 6.45) is 16.1. The van der Waals surface area contributed by atoms with E-state index in [0.29, 0.717) is 12.8 Å². The van der Waals surface area contributed by atoms with Gasteiger partial charge in [-0.05, 0) is 12.8 Å². The van der Waals surface area contributed by atoms with E-state index >= 15 is 0 Å². The van der Waals surface area contributed by atoms with E-state index in [4.69, 9.17) is 28.4 Å². The maximum Gasteiger partial charge on any atom is 0.220 e. The molecule has 0 aromatic carbocycles. The molecule has 0 saturated carbocycles. The maximum absolute atomic E-state index is 13.3. The van der Waals surface area contributed by atoms with Crippen LogP contribution in [0.1, 0.15) is 245 Å². The fourth-order valence-corrected chi connectivity index (χ4v) is 11.2. The first-order valence-electron chi connectivity index (χ1n) is 31.8. The van der Waals surface area contributed by atoms with Gasteiger partial charge in [-0.1, -0.05) is 226 Å². The van der Waals surface area contributed by atoms with E-state index < -0.39 is 124 Å². The van der Waals surface area contributed by atoms with E-state index in [1.54, 1.807) is 0 Å². The number of unbranched alkanes of at least 4 members (excludes halogenated alkanes) is 32. The minimum absolute atomic E-state index is 0.239. The number of aliphatic hydroxyl groups excluding tert-OH is 11. The van der Waals surface area contributed by atoms with Gasteiger partial charge in [0.1, 0.15) is 73.2 Å². The molecule has 19 heteroatoms. The number of ether oxygens (including phenoxy) is 6. The van der Waals surface area contributed by atoms with Crippen LogP contribution < -0.4 is 5.32 Å². The van der Waals surface area contributed by atoms with Crippen molar-refractivity contribution in [2.45, 2.75) is 349 Å². The monoisotopic (exact) mass is 1140 g/mol. The van der Waals surface area contributed by atoms with Crippen LogP contribution in [0.3, 0.4) is 0 Å². The highest BCUT2D eigenvalue weighted by Crippen LogP contribution is 2.33. The molecule has 468 valence electrons. The van der Waals surface area contributed by atoms with E-state index in [-0.39, 0.29) is 18.9 Å². The average Bonchev–Trinajstić information content (AvgIpc) is 3.51. The van der Waals surface area contributed by atoms with E-state index in [1.165, 1.54) is 167 Å². The van der Waals surface area contributed by atoms with E-state index in [1.807, 2.05) is 0 Å². The SMILES string of the molecule is CCCCCCCCCCCCCCCCCCCCCCC(O)C(COC1OC(CO)C(OC2OC(CO)C(OC3OC(CO)C(O)C(O)C3O)C(O)C2O)C(O)C1O)NC(=O)CCCCCCCCCCCCCCCC. The lowest BCUT2D eigenvalue weighted by Crippen LogP contribution is -2.66. The summed E-state index contributed by atoms with van der Waals surface area (Å²) in [7, 11) is 0. The molecule has 0 aromatic heterocycles. The largest absolute Gasteiger partial charge is 0.394 e. The third-order valence-corrected chi connectivity index (χ3v) is 16.4. The predicted octanol–water partition coefficient (Wildman–Crippen LogP) is 6.38. The Hall–Kier alpha value is -1.21. The molecule has 0 radical (unpaired) electrons. The molecule has 1 amide bonds. The number of carbonyl (C=O) groups excluding carboxylic acids is 1. The number of aliphatic hydroxyl groups is 11. The van der Waals surface area contributed by atoms with Gasteiger partial charge < -0.3 is 89.9 Å². The standard InChI is InChI=1S/C60H115NO18/c1-3-5-7-9-11-13-15-17-19-20-21-22-23-24-25-27-29-31-33-35-37-44(65)43(61-48(66)38-36-34-32-30-28-26-18-16-14-12-10-8-6-4-2)42-74-58-54(72)51(69)56(46(40-63)76-58)79-60-55(73)52(70)57(47(41-64)77-60)78-59-53(71)50(68)49(67)45(39-62)75-59/h43-47,49-60,62-65,67-73H,3-42H2,1-2H3,(H,61,66). The quantitative estimate of drug-likeness (QED) is 0.0294. The van der Waals surface area contributed by atoms with Gasteiger partial charge >= 0.3 is 0 Å². The third kappa shape index (κ3) is 28.0. The average molecular weight is 1140 g/mol. The maximum atomic E-state index is 13.3. The van der Waals surface area contributed by atoms with Gasteiger partial charge in [-0.2, -0.15) is 0 Å². The lowest BCUT2D eigenvalue weighted by atomic mass is 9.96. The molecule has 0 bridgehead atoms. The van der Waals surface area contributed by atoms with Crippen LogP contribution >= 0.6 is 0 Å². The molecule has 0 aromatic rings. The third-order valence-electron chi connectivity index (χ3n) is 16.4. The Kier molecular flexibility index (Phi) is 40.4. The van der Waals surface area contributed by atoms with Gasteiger partial charge in [0.05, 0.1) is 38.6 Å². The number of carbonyl (C=O) groups is 1. The Balaban J connectivity index is 1.47. The molecule has 12 N–H and O–H groups in total. The number of nitrogens with one attached hydrogen (secondary N) is 1. The summed E-state index contributed by atoms with van der Waals surface area (Å²) in [5.41, 5.74) is 0. The molecule has 0 aliphatic carbocycles. The number of hydrogen-bond acceptors (Lipinski definition) is 18. The zero-order valence-electron chi connectivity index (χ0n) is 48.9. The van der Waals surface area contributed by atoms with Crippen LogP contribution in [0.5, 0.6) is 0 Å². The fraction of sp³-hybridized carbons (Fsp3) is 0.983. The topological polar surface area (TPSA) is 307 Å². The van der Waals surface area contributed by atoms with Crippen molar-refractivity contribution in [1.82, 2.24) is 5.32 Å². The summed E-state index contributed by atoms with van der Waals surface area (Å²) in [6.45, 7) is 1.82. The number of rotatable bonds is 48. The molecule has 3 rings (SSSR count). The first-order chi connectivity index (χ1) is 38.3. The lowest BCUT2D eigenvalue weighted by molar-refractivity contribution is -0.379. The van der Waals surface area contributed by atoms with Crippen molar-refractivity contribution in [3.8, 4) is 0 Å². The molecule has 17 atom stereocenters. The van der Waals surface area contributed by atoms with Gasteiger partial charge in [-0.25, -0.2) is 0 Å². The van der Waals surface area contributed by atoms with Gasteiger partial charge in [0.2, 0.25) is 5.91 Å². The molecular formula is C60H115NO18. The summed E-state index contributed by atoms with van der Waals surface area (Å²) in [5, 5.41) is 120. The fourth-order valence-electron chi connectivity index (χ4n) is 11.2. The Morgan fingerprint density at radius 1 is 0.405 bits per heavy atom. The minimum Gasteiger partial charge on any atom is -0.394 e. The van der Waals surface area contributed by atoms with Crippen LogP contribution in [0.4, 0.5) is 0 Å². The van der Waals surface area contributed by atoms with Crippen molar-refractivity contribution >= 4 is 5.91 Å². The van der Waals surface area contributed by atoms with Crippen molar-refractivity contribution < 1.29 is 89.4 Å². The molecule has 3 heterocycles. The second kappa shape index (κ2) is 44.3. The highest BCUT2D eigenvalue weighted by molar-refractivity contribution is 5.76. The second-order valence-corrected chi connectivity index (χ2v) is 23.2. The van der Waals surface area contributed by atoms with Crippen LogP contribution in [0.25, 0.3) is 0 Å². The normalized spacial score (nSPS) is 30.2. The Labute approximate surface area is 474 Å². The molecule has 79 heavy (non-hydrogen) atoms. The van der Waals surface area contributed by atoms with Crippen molar-refractivity contribution in [2.24, 2.45) is 0 Å². The van der Waals surface area contributed by atoms with Crippen LogP contribution in [0.15, 0.2) is 0 Å². The summed E-state index contributed by atoms with van der Waals surface area (Å²) in [4.78, 5) is 13.3. The molecule has 3 aliphatic heterocycles. The summed E-state index contributed by atoms with van der Waals surface area (Å²) >= 11 is 0. The van der Waals surface area contributed by atoms with E-state index in [0.717, 1.165) is 44.9 Å². The molecule has 3 aliphatic rings. The molecule has 3 saturated heterocycles. The van der Waals surface area contributed by atoms with E-state index in [9.17, 15) is 61.0 Å².